The van der Waals surface area contributed by atoms with E-state index >= 15 is 0 Å². The van der Waals surface area contributed by atoms with Crippen LogP contribution in [-0.4, -0.2) is 35.8 Å². The van der Waals surface area contributed by atoms with Crippen molar-refractivity contribution in [2.75, 3.05) is 24.7 Å². The molecular formula is C10H23NOS. The first-order chi connectivity index (χ1) is 6.16. The number of aliphatic hydroxyl groups excluding tert-OH is 1. The summed E-state index contributed by atoms with van der Waals surface area (Å²) in [5, 5.41) is 12.0. The summed E-state index contributed by atoms with van der Waals surface area (Å²) in [7, 11) is 0. The molecule has 0 aromatic rings. The van der Waals surface area contributed by atoms with Crippen LogP contribution in [0, 0.1) is 5.92 Å². The predicted octanol–water partition coefficient (Wildman–Crippen LogP) is 1.74. The molecule has 80 valence electrons. The van der Waals surface area contributed by atoms with Crippen LogP contribution >= 0.6 is 11.8 Å². The molecule has 0 spiro atoms. The molecule has 0 bridgehead atoms. The van der Waals surface area contributed by atoms with Gasteiger partial charge in [0.05, 0.1) is 0 Å². The van der Waals surface area contributed by atoms with Gasteiger partial charge in [-0.2, -0.15) is 11.8 Å². The molecule has 0 aliphatic carbocycles. The third-order valence-electron chi connectivity index (χ3n) is 1.65. The zero-order valence-corrected chi connectivity index (χ0v) is 9.86. The van der Waals surface area contributed by atoms with Crippen molar-refractivity contribution >= 4 is 11.8 Å². The van der Waals surface area contributed by atoms with E-state index in [1.165, 1.54) is 11.5 Å². The molecule has 1 atom stereocenters. The molecule has 0 radical (unpaired) electrons. The van der Waals surface area contributed by atoms with Gasteiger partial charge in [0.2, 0.25) is 0 Å². The van der Waals surface area contributed by atoms with Gasteiger partial charge in [-0.3, -0.25) is 0 Å². The quantitative estimate of drug-likeness (QED) is 0.592. The van der Waals surface area contributed by atoms with E-state index in [0.717, 1.165) is 18.9 Å². The Labute approximate surface area is 86.5 Å². The van der Waals surface area contributed by atoms with Gasteiger partial charge in [-0.25, -0.2) is 0 Å². The number of aliphatic hydroxyl groups is 1. The van der Waals surface area contributed by atoms with Gasteiger partial charge in [0.1, 0.15) is 0 Å². The highest BCUT2D eigenvalue weighted by Crippen LogP contribution is 2.08. The monoisotopic (exact) mass is 205 g/mol. The average molecular weight is 205 g/mol. The lowest BCUT2D eigenvalue weighted by atomic mass is 10.3. The van der Waals surface area contributed by atoms with Crippen molar-refractivity contribution in [1.82, 2.24) is 5.32 Å². The summed E-state index contributed by atoms with van der Waals surface area (Å²) in [6, 6.07) is 0.565. The zero-order chi connectivity index (χ0) is 10.1. The van der Waals surface area contributed by atoms with Crippen molar-refractivity contribution in [3.8, 4) is 0 Å². The molecule has 3 heteroatoms. The number of nitrogens with one attached hydrogen (secondary N) is 1. The maximum atomic E-state index is 8.58. The number of hydrogen-bond donors (Lipinski definition) is 2. The van der Waals surface area contributed by atoms with Gasteiger partial charge >= 0.3 is 0 Å². The van der Waals surface area contributed by atoms with Crippen molar-refractivity contribution in [2.45, 2.75) is 33.2 Å². The molecule has 2 N–H and O–H groups in total. The van der Waals surface area contributed by atoms with Gasteiger partial charge in [-0.05, 0) is 31.6 Å². The van der Waals surface area contributed by atoms with E-state index in [1.807, 2.05) is 11.8 Å². The number of hydrogen-bond acceptors (Lipinski definition) is 3. The largest absolute Gasteiger partial charge is 0.396 e. The van der Waals surface area contributed by atoms with Crippen LogP contribution < -0.4 is 5.32 Å². The van der Waals surface area contributed by atoms with E-state index in [1.54, 1.807) is 0 Å². The van der Waals surface area contributed by atoms with Gasteiger partial charge in [-0.1, -0.05) is 13.8 Å². The molecule has 1 unspecified atom stereocenters. The Balaban J connectivity index is 3.15. The van der Waals surface area contributed by atoms with E-state index in [0.29, 0.717) is 12.6 Å². The van der Waals surface area contributed by atoms with Crippen molar-refractivity contribution < 1.29 is 5.11 Å². The smallest absolute Gasteiger partial charge is 0.0443 e. The van der Waals surface area contributed by atoms with Gasteiger partial charge < -0.3 is 10.4 Å². The number of rotatable bonds is 8. The molecular weight excluding hydrogens is 182 g/mol. The van der Waals surface area contributed by atoms with Crippen LogP contribution in [0.3, 0.4) is 0 Å². The second-order valence-corrected chi connectivity index (χ2v) is 4.94. The van der Waals surface area contributed by atoms with E-state index < -0.39 is 0 Å². The molecule has 0 saturated heterocycles. The Bertz CT molecular complexity index is 109. The molecule has 0 aliphatic heterocycles. The van der Waals surface area contributed by atoms with E-state index in [9.17, 15) is 0 Å². The topological polar surface area (TPSA) is 32.3 Å². The van der Waals surface area contributed by atoms with E-state index in [2.05, 4.69) is 26.1 Å². The first-order valence-corrected chi connectivity index (χ1v) is 6.24. The molecule has 2 nitrogen and oxygen atoms in total. The minimum atomic E-state index is 0.291. The molecule has 0 aliphatic rings. The minimum absolute atomic E-state index is 0.291. The highest BCUT2D eigenvalue weighted by molar-refractivity contribution is 7.99. The summed E-state index contributed by atoms with van der Waals surface area (Å²) in [5.41, 5.74) is 0. The average Bonchev–Trinajstić information content (AvgIpc) is 2.04. The Morgan fingerprint density at radius 3 is 2.46 bits per heavy atom. The molecule has 0 heterocycles. The van der Waals surface area contributed by atoms with Crippen LogP contribution in [0.5, 0.6) is 0 Å². The summed E-state index contributed by atoms with van der Waals surface area (Å²) in [4.78, 5) is 0. The first-order valence-electron chi connectivity index (χ1n) is 5.08. The highest BCUT2D eigenvalue weighted by atomic mass is 32.2. The molecule has 0 rings (SSSR count). The Morgan fingerprint density at radius 1 is 1.23 bits per heavy atom. The molecule has 0 aromatic heterocycles. The van der Waals surface area contributed by atoms with Crippen molar-refractivity contribution in [1.29, 1.82) is 0 Å². The lowest BCUT2D eigenvalue weighted by Crippen LogP contribution is -2.29. The third-order valence-corrected chi connectivity index (χ3v) is 3.28. The van der Waals surface area contributed by atoms with Crippen LogP contribution in [-0.2, 0) is 0 Å². The summed E-state index contributed by atoms with van der Waals surface area (Å²) < 4.78 is 0. The fourth-order valence-corrected chi connectivity index (χ4v) is 2.05. The van der Waals surface area contributed by atoms with Crippen LogP contribution in [0.4, 0.5) is 0 Å². The Morgan fingerprint density at radius 2 is 1.92 bits per heavy atom. The summed E-state index contributed by atoms with van der Waals surface area (Å²) in [6.07, 6.45) is 0.860. The fourth-order valence-electron chi connectivity index (χ4n) is 0.967. The second kappa shape index (κ2) is 8.85. The normalized spacial score (nSPS) is 13.6. The molecule has 0 amide bonds. The lowest BCUT2D eigenvalue weighted by molar-refractivity contribution is 0.284. The van der Waals surface area contributed by atoms with Crippen molar-refractivity contribution in [2.24, 2.45) is 5.92 Å². The third kappa shape index (κ3) is 10.2. The summed E-state index contributed by atoms with van der Waals surface area (Å²) in [5.74, 6) is 3.20. The molecule has 0 saturated carbocycles. The predicted molar refractivity (Wildman–Crippen MR) is 61.3 cm³/mol. The molecule has 13 heavy (non-hydrogen) atoms. The van der Waals surface area contributed by atoms with E-state index in [4.69, 9.17) is 5.11 Å². The Hall–Kier alpha value is 0.270. The minimum Gasteiger partial charge on any atom is -0.396 e. The highest BCUT2D eigenvalue weighted by Gasteiger charge is 2.01. The van der Waals surface area contributed by atoms with Gasteiger partial charge in [0.25, 0.3) is 0 Å². The summed E-state index contributed by atoms with van der Waals surface area (Å²) >= 11 is 2.00. The molecule has 0 fully saturated rings. The SMILES string of the molecule is CC(C)CSCC(C)NCCCO. The van der Waals surface area contributed by atoms with Gasteiger partial charge in [0.15, 0.2) is 0 Å². The Kier molecular flexibility index (Phi) is 9.03. The van der Waals surface area contributed by atoms with Crippen LogP contribution in [0.15, 0.2) is 0 Å². The fraction of sp³-hybridized carbons (Fsp3) is 1.00. The van der Waals surface area contributed by atoms with Crippen LogP contribution in [0.2, 0.25) is 0 Å². The first kappa shape index (κ1) is 13.3. The maximum absolute atomic E-state index is 8.58. The molecule has 0 aromatic carbocycles. The van der Waals surface area contributed by atoms with Crippen LogP contribution in [0.1, 0.15) is 27.2 Å². The van der Waals surface area contributed by atoms with Gasteiger partial charge in [-0.15, -0.1) is 0 Å². The van der Waals surface area contributed by atoms with E-state index in [-0.39, 0.29) is 0 Å². The van der Waals surface area contributed by atoms with Crippen molar-refractivity contribution in [3.05, 3.63) is 0 Å². The number of thioether (sulfide) groups is 1. The zero-order valence-electron chi connectivity index (χ0n) is 9.05. The maximum Gasteiger partial charge on any atom is 0.0443 e. The van der Waals surface area contributed by atoms with Gasteiger partial charge in [0, 0.05) is 18.4 Å². The van der Waals surface area contributed by atoms with Crippen molar-refractivity contribution in [3.63, 3.8) is 0 Å². The summed E-state index contributed by atoms with van der Waals surface area (Å²) in [6.45, 7) is 7.91. The second-order valence-electron chi connectivity index (χ2n) is 3.86. The lowest BCUT2D eigenvalue weighted by Gasteiger charge is -2.13. The van der Waals surface area contributed by atoms with Crippen LogP contribution in [0.25, 0.3) is 0 Å². The standard InChI is InChI=1S/C10H23NOS/c1-9(2)7-13-8-10(3)11-5-4-6-12/h9-12H,4-8H2,1-3H3.